The van der Waals surface area contributed by atoms with Crippen molar-refractivity contribution in [2.24, 2.45) is 17.6 Å². The summed E-state index contributed by atoms with van der Waals surface area (Å²) in [6.07, 6.45) is 4.22. The van der Waals surface area contributed by atoms with Gasteiger partial charge in [0.15, 0.2) is 0 Å². The van der Waals surface area contributed by atoms with Gasteiger partial charge in [0, 0.05) is 42.9 Å². The first-order valence-corrected chi connectivity index (χ1v) is 12.2. The van der Waals surface area contributed by atoms with Crippen molar-refractivity contribution in [1.29, 1.82) is 0 Å². The van der Waals surface area contributed by atoms with Crippen LogP contribution in [0.4, 0.5) is 0 Å². The Labute approximate surface area is 170 Å². The van der Waals surface area contributed by atoms with Crippen LogP contribution in [0.3, 0.4) is 0 Å². The van der Waals surface area contributed by atoms with Gasteiger partial charge in [-0.2, -0.15) is 4.31 Å². The Balaban J connectivity index is 1.56. The molecule has 0 spiro atoms. The first-order valence-electron chi connectivity index (χ1n) is 9.55. The number of amides is 2. The Bertz CT molecular complexity index is 810. The highest BCUT2D eigenvalue weighted by atomic mass is 32.2. The minimum atomic E-state index is -3.53. The monoisotopic (exact) mass is 425 g/mol. The number of nitrogens with zero attached hydrogens (tertiary/aromatic N) is 2. The van der Waals surface area contributed by atoms with Crippen LogP contribution in [0.15, 0.2) is 34.1 Å². The molecule has 2 fully saturated rings. The van der Waals surface area contributed by atoms with Crippen molar-refractivity contribution in [2.75, 3.05) is 32.4 Å². The molecule has 3 rings (SSSR count). The van der Waals surface area contributed by atoms with Gasteiger partial charge in [0.05, 0.1) is 4.90 Å². The molecule has 2 aliphatic rings. The van der Waals surface area contributed by atoms with Crippen LogP contribution in [-0.4, -0.2) is 61.9 Å². The van der Waals surface area contributed by atoms with Gasteiger partial charge in [0.25, 0.3) is 0 Å². The van der Waals surface area contributed by atoms with Crippen LogP contribution in [0.25, 0.3) is 0 Å². The van der Waals surface area contributed by atoms with Gasteiger partial charge in [-0.25, -0.2) is 8.42 Å². The van der Waals surface area contributed by atoms with Crippen LogP contribution in [0.1, 0.15) is 25.7 Å². The van der Waals surface area contributed by atoms with Gasteiger partial charge in [0.2, 0.25) is 21.8 Å². The van der Waals surface area contributed by atoms with E-state index in [0.29, 0.717) is 56.8 Å². The molecule has 2 aliphatic heterocycles. The lowest BCUT2D eigenvalue weighted by atomic mass is 9.92. The molecular formula is C19H27N3O4S2. The molecule has 0 aliphatic carbocycles. The number of thioether (sulfide) groups is 1. The van der Waals surface area contributed by atoms with Crippen LogP contribution < -0.4 is 5.73 Å². The quantitative estimate of drug-likeness (QED) is 0.721. The van der Waals surface area contributed by atoms with E-state index in [1.807, 2.05) is 18.4 Å². The molecule has 2 N–H and O–H groups in total. The van der Waals surface area contributed by atoms with Gasteiger partial charge in [-0.05, 0) is 56.2 Å². The van der Waals surface area contributed by atoms with Gasteiger partial charge in [-0.1, -0.05) is 0 Å². The minimum Gasteiger partial charge on any atom is -0.369 e. The first-order chi connectivity index (χ1) is 13.3. The zero-order valence-corrected chi connectivity index (χ0v) is 17.7. The molecule has 2 amide bonds. The Hall–Kier alpha value is -1.58. The number of carbonyl (C=O) groups is 2. The number of nitrogens with two attached hydrogens (primary N) is 1. The van der Waals surface area contributed by atoms with Crippen molar-refractivity contribution in [3.05, 3.63) is 24.3 Å². The van der Waals surface area contributed by atoms with Crippen LogP contribution in [0, 0.1) is 11.8 Å². The number of likely N-dealkylation sites (tertiary alicyclic amines) is 1. The molecule has 0 saturated carbocycles. The van der Waals surface area contributed by atoms with E-state index in [0.717, 1.165) is 4.90 Å². The van der Waals surface area contributed by atoms with E-state index < -0.39 is 10.0 Å². The number of sulfonamides is 1. The second kappa shape index (κ2) is 8.84. The molecule has 7 nitrogen and oxygen atoms in total. The number of piperidine rings is 2. The third kappa shape index (κ3) is 4.52. The molecule has 0 bridgehead atoms. The van der Waals surface area contributed by atoms with Gasteiger partial charge >= 0.3 is 0 Å². The topological polar surface area (TPSA) is 101 Å². The van der Waals surface area contributed by atoms with Gasteiger partial charge < -0.3 is 10.6 Å². The summed E-state index contributed by atoms with van der Waals surface area (Å²) < 4.78 is 27.2. The van der Waals surface area contributed by atoms with E-state index in [4.69, 9.17) is 5.73 Å². The van der Waals surface area contributed by atoms with Gasteiger partial charge in [-0.3, -0.25) is 9.59 Å². The van der Waals surface area contributed by atoms with E-state index in [9.17, 15) is 18.0 Å². The molecule has 1 aromatic carbocycles. The van der Waals surface area contributed by atoms with E-state index in [1.54, 1.807) is 28.8 Å². The average Bonchev–Trinajstić information content (AvgIpc) is 2.73. The summed E-state index contributed by atoms with van der Waals surface area (Å²) in [6.45, 7) is 1.79. The fourth-order valence-corrected chi connectivity index (χ4v) is 5.76. The Morgan fingerprint density at radius 3 is 2.00 bits per heavy atom. The lowest BCUT2D eigenvalue weighted by molar-refractivity contribution is -0.139. The normalized spacial score (nSPS) is 20.2. The highest BCUT2D eigenvalue weighted by molar-refractivity contribution is 7.98. The Morgan fingerprint density at radius 1 is 0.964 bits per heavy atom. The van der Waals surface area contributed by atoms with Crippen LogP contribution in [-0.2, 0) is 19.6 Å². The van der Waals surface area contributed by atoms with Crippen molar-refractivity contribution >= 4 is 33.6 Å². The standard InChI is InChI=1S/C19H27N3O4S2/c1-27-16-2-4-17(5-3-16)28(25,26)22-12-8-15(9-13-22)19(24)21-10-6-14(7-11-21)18(20)23/h2-5,14-15H,6-13H2,1H3,(H2,20,23). The van der Waals surface area contributed by atoms with Crippen molar-refractivity contribution in [3.8, 4) is 0 Å². The van der Waals surface area contributed by atoms with E-state index in [2.05, 4.69) is 0 Å². The third-order valence-corrected chi connectivity index (χ3v) is 8.37. The number of primary amides is 1. The molecule has 154 valence electrons. The molecule has 9 heteroatoms. The molecule has 0 unspecified atom stereocenters. The van der Waals surface area contributed by atoms with Crippen molar-refractivity contribution in [2.45, 2.75) is 35.5 Å². The molecule has 0 aromatic heterocycles. The zero-order valence-electron chi connectivity index (χ0n) is 16.0. The molecule has 0 radical (unpaired) electrons. The summed E-state index contributed by atoms with van der Waals surface area (Å²) in [5.41, 5.74) is 5.35. The number of hydrogen-bond donors (Lipinski definition) is 1. The van der Waals surface area contributed by atoms with Crippen molar-refractivity contribution < 1.29 is 18.0 Å². The summed E-state index contributed by atoms with van der Waals surface area (Å²) in [5.74, 6) is -0.524. The molecule has 28 heavy (non-hydrogen) atoms. The average molecular weight is 426 g/mol. The van der Waals surface area contributed by atoms with Crippen LogP contribution in [0.2, 0.25) is 0 Å². The van der Waals surface area contributed by atoms with E-state index >= 15 is 0 Å². The summed E-state index contributed by atoms with van der Waals surface area (Å²) >= 11 is 1.57. The minimum absolute atomic E-state index is 0.0734. The number of carbonyl (C=O) groups excluding carboxylic acids is 2. The summed E-state index contributed by atoms with van der Waals surface area (Å²) in [5, 5.41) is 0. The van der Waals surface area contributed by atoms with E-state index in [-0.39, 0.29) is 23.7 Å². The van der Waals surface area contributed by atoms with Gasteiger partial charge in [-0.15, -0.1) is 11.8 Å². The lowest BCUT2D eigenvalue weighted by Gasteiger charge is -2.36. The van der Waals surface area contributed by atoms with Crippen molar-refractivity contribution in [3.63, 3.8) is 0 Å². The fourth-order valence-electron chi connectivity index (χ4n) is 3.88. The predicted octanol–water partition coefficient (Wildman–Crippen LogP) is 1.53. The number of rotatable bonds is 5. The number of benzene rings is 1. The Morgan fingerprint density at radius 2 is 1.50 bits per heavy atom. The largest absolute Gasteiger partial charge is 0.369 e. The highest BCUT2D eigenvalue weighted by Gasteiger charge is 2.35. The third-order valence-electron chi connectivity index (χ3n) is 5.71. The molecular weight excluding hydrogens is 398 g/mol. The lowest BCUT2D eigenvalue weighted by Crippen LogP contribution is -2.47. The maximum atomic E-state index is 12.8. The summed E-state index contributed by atoms with van der Waals surface area (Å²) in [7, 11) is -3.53. The maximum absolute atomic E-state index is 12.8. The zero-order chi connectivity index (χ0) is 20.3. The molecule has 1 aromatic rings. The van der Waals surface area contributed by atoms with Crippen LogP contribution in [0.5, 0.6) is 0 Å². The smallest absolute Gasteiger partial charge is 0.243 e. The predicted molar refractivity (Wildman–Crippen MR) is 108 cm³/mol. The SMILES string of the molecule is CSc1ccc(S(=O)(=O)N2CCC(C(=O)N3CCC(C(N)=O)CC3)CC2)cc1. The van der Waals surface area contributed by atoms with E-state index in [1.165, 1.54) is 4.31 Å². The summed E-state index contributed by atoms with van der Waals surface area (Å²) in [4.78, 5) is 27.1. The second-order valence-corrected chi connectivity index (χ2v) is 10.2. The summed E-state index contributed by atoms with van der Waals surface area (Å²) in [6, 6.07) is 6.90. The van der Waals surface area contributed by atoms with Crippen LogP contribution >= 0.6 is 11.8 Å². The van der Waals surface area contributed by atoms with Gasteiger partial charge in [0.1, 0.15) is 0 Å². The first kappa shape index (κ1) is 21.1. The maximum Gasteiger partial charge on any atom is 0.243 e. The molecule has 2 heterocycles. The number of hydrogen-bond acceptors (Lipinski definition) is 5. The molecule has 2 saturated heterocycles. The second-order valence-electron chi connectivity index (χ2n) is 7.36. The highest BCUT2D eigenvalue weighted by Crippen LogP contribution is 2.27. The van der Waals surface area contributed by atoms with Crippen molar-refractivity contribution in [1.82, 2.24) is 9.21 Å². The fraction of sp³-hybridized carbons (Fsp3) is 0.579. The Kier molecular flexibility index (Phi) is 6.67. The molecule has 0 atom stereocenters.